The first kappa shape index (κ1) is 44.6. The lowest BCUT2D eigenvalue weighted by Crippen LogP contribution is -2.59. The monoisotopic (exact) mass is 866 g/mol. The van der Waals surface area contributed by atoms with E-state index in [9.17, 15) is 19.5 Å². The summed E-state index contributed by atoms with van der Waals surface area (Å²) in [4.78, 5) is 50.0. The number of hydrogen-bond acceptors (Lipinski definition) is 11. The van der Waals surface area contributed by atoms with Crippen LogP contribution in [0.2, 0.25) is 5.02 Å². The highest BCUT2D eigenvalue weighted by atomic mass is 35.5. The van der Waals surface area contributed by atoms with Gasteiger partial charge in [-0.25, -0.2) is 0 Å². The lowest BCUT2D eigenvalue weighted by atomic mass is 9.89. The Balaban J connectivity index is 0.824. The Hall–Kier alpha value is -3.40. The molecule has 4 aliphatic heterocycles. The largest absolute Gasteiger partial charge is 0.506 e. The fourth-order valence-corrected chi connectivity index (χ4v) is 10.5. The average molecular weight is 868 g/mol. The summed E-state index contributed by atoms with van der Waals surface area (Å²) in [5.74, 6) is 1.59. The van der Waals surface area contributed by atoms with Gasteiger partial charge in [0.25, 0.3) is 5.91 Å². The summed E-state index contributed by atoms with van der Waals surface area (Å²) in [6.45, 7) is 11.3. The van der Waals surface area contributed by atoms with Crippen LogP contribution in [0, 0.1) is 5.92 Å². The molecular weight excluding hydrogens is 804 g/mol. The molecule has 60 heavy (non-hydrogen) atoms. The second-order valence-corrected chi connectivity index (χ2v) is 18.6. The van der Waals surface area contributed by atoms with Gasteiger partial charge < -0.3 is 39.8 Å². The number of rotatable bonds is 17. The van der Waals surface area contributed by atoms with Crippen molar-refractivity contribution in [3.05, 3.63) is 52.0 Å². The number of nitrogens with zero attached hydrogens (tertiary/aromatic N) is 4. The van der Waals surface area contributed by atoms with Crippen LogP contribution in [0.5, 0.6) is 11.5 Å². The number of piperidine rings is 1. The number of nitrogens with one attached hydrogen (secondary N) is 2. The molecule has 2 saturated heterocycles. The maximum Gasteiger partial charge on any atom is 0.262 e. The van der Waals surface area contributed by atoms with Crippen LogP contribution in [0.3, 0.4) is 0 Å². The molecule has 0 bridgehead atoms. The zero-order valence-corrected chi connectivity index (χ0v) is 36.9. The quantitative estimate of drug-likeness (QED) is 0.134. The molecule has 328 valence electrons. The van der Waals surface area contributed by atoms with Crippen LogP contribution < -0.4 is 15.4 Å². The molecule has 0 radical (unpaired) electrons. The Morgan fingerprint density at radius 1 is 1.07 bits per heavy atom. The molecule has 5 aliphatic rings. The zero-order chi connectivity index (χ0) is 42.1. The van der Waals surface area contributed by atoms with Crippen LogP contribution in [0.25, 0.3) is 0 Å². The Morgan fingerprint density at radius 3 is 2.65 bits per heavy atom. The summed E-state index contributed by atoms with van der Waals surface area (Å²) in [7, 11) is 0. The third kappa shape index (κ3) is 11.3. The van der Waals surface area contributed by atoms with Gasteiger partial charge in [0, 0.05) is 68.5 Å². The van der Waals surface area contributed by atoms with Crippen molar-refractivity contribution < 1.29 is 33.7 Å². The molecule has 1 spiro atoms. The minimum atomic E-state index is -0.302. The van der Waals surface area contributed by atoms with E-state index in [1.54, 1.807) is 17.8 Å². The molecule has 1 unspecified atom stereocenters. The van der Waals surface area contributed by atoms with E-state index < -0.39 is 0 Å². The predicted molar refractivity (Wildman–Crippen MR) is 236 cm³/mol. The van der Waals surface area contributed by atoms with E-state index in [2.05, 4.69) is 52.5 Å². The number of aliphatic imine (C=N–C) groups is 1. The molecule has 2 aromatic carbocycles. The number of hydrogen-bond donors (Lipinski definition) is 3. The highest BCUT2D eigenvalue weighted by Gasteiger charge is 2.43. The van der Waals surface area contributed by atoms with Crippen molar-refractivity contribution in [1.82, 2.24) is 20.0 Å². The first-order chi connectivity index (χ1) is 29.1. The van der Waals surface area contributed by atoms with Gasteiger partial charge in [-0.15, -0.1) is 11.8 Å². The van der Waals surface area contributed by atoms with Gasteiger partial charge in [-0.3, -0.25) is 24.3 Å². The van der Waals surface area contributed by atoms with Crippen molar-refractivity contribution in [3.63, 3.8) is 0 Å². The number of aromatic hydroxyl groups is 1. The number of ether oxygens (including phenoxy) is 3. The molecule has 4 heterocycles. The maximum absolute atomic E-state index is 13.6. The average Bonchev–Trinajstić information content (AvgIpc) is 3.76. The number of morpholine rings is 1. The number of carbonyl (C=O) groups is 3. The van der Waals surface area contributed by atoms with Gasteiger partial charge in [0.1, 0.15) is 17.5 Å². The fraction of sp³-hybridized carbons (Fsp3) is 0.644. The minimum Gasteiger partial charge on any atom is -0.506 e. The highest BCUT2D eigenvalue weighted by Crippen LogP contribution is 2.39. The third-order valence-corrected chi connectivity index (χ3v) is 14.4. The molecule has 1 atom stereocenters. The smallest absolute Gasteiger partial charge is 0.262 e. The molecule has 13 nitrogen and oxygen atoms in total. The van der Waals surface area contributed by atoms with Crippen molar-refractivity contribution in [2.45, 2.75) is 102 Å². The topological polar surface area (TPSA) is 145 Å². The molecular formula is C45H63ClN6O7S. The van der Waals surface area contributed by atoms with Crippen molar-refractivity contribution in [2.24, 2.45) is 10.9 Å². The fourth-order valence-electron chi connectivity index (χ4n) is 9.14. The number of likely N-dealkylation sites (tertiary alicyclic amines) is 1. The molecule has 3 amide bonds. The Kier molecular flexibility index (Phi) is 15.7. The number of halogens is 1. The van der Waals surface area contributed by atoms with Crippen LogP contribution in [0.4, 0.5) is 5.69 Å². The standard InChI is InChI=1S/C45H63ClN6O7S/c1-31(2)43-48-36(29-60-43)44(56)51-23-26-59-45(30-51)16-20-50(21-17-45)27-34-8-6-7-32(40(34)46)14-24-57-25-15-39(55)52(35-9-4-3-5-10-35)22-19-47-18-13-33-11-12-37(53)41-42(33)58-28-38(54)49-41/h6-8,11-12,31,35-36,47,53H,3-5,9-10,13-30H2,1-2H3,(H,49,54). The SMILES string of the molecule is CC(C)C1=NC(C(=O)N2CCOC3(CCN(Cc4cccc(CCOCCC(=O)N(CCNCCc5ccc(O)c6c5OCC(=O)N6)C5CCCCC5)c4Cl)CC3)C2)CS1. The number of phenolic OH excluding ortho intramolecular Hbond substituents is 1. The normalized spacial score (nSPS) is 20.8. The molecule has 3 fully saturated rings. The van der Waals surface area contributed by atoms with Gasteiger partial charge in [-0.2, -0.15) is 0 Å². The van der Waals surface area contributed by atoms with Crippen molar-refractivity contribution in [2.75, 3.05) is 83.3 Å². The van der Waals surface area contributed by atoms with E-state index >= 15 is 0 Å². The van der Waals surface area contributed by atoms with Crippen LogP contribution in [-0.2, 0) is 43.2 Å². The summed E-state index contributed by atoms with van der Waals surface area (Å²) < 4.78 is 18.1. The summed E-state index contributed by atoms with van der Waals surface area (Å²) >= 11 is 8.71. The number of amides is 3. The van der Waals surface area contributed by atoms with Gasteiger partial charge >= 0.3 is 0 Å². The van der Waals surface area contributed by atoms with Crippen LogP contribution in [0.15, 0.2) is 35.3 Å². The second-order valence-electron chi connectivity index (χ2n) is 17.2. The molecule has 0 aromatic heterocycles. The third-order valence-electron chi connectivity index (χ3n) is 12.6. The van der Waals surface area contributed by atoms with E-state index in [0.717, 1.165) is 90.7 Å². The van der Waals surface area contributed by atoms with Crippen molar-refractivity contribution in [3.8, 4) is 11.5 Å². The van der Waals surface area contributed by atoms with E-state index in [-0.39, 0.29) is 47.8 Å². The maximum atomic E-state index is 13.6. The van der Waals surface area contributed by atoms with Gasteiger partial charge in [0.2, 0.25) is 11.8 Å². The van der Waals surface area contributed by atoms with Gasteiger partial charge in [-0.1, -0.05) is 69.0 Å². The van der Waals surface area contributed by atoms with Crippen LogP contribution in [-0.4, -0.2) is 138 Å². The zero-order valence-electron chi connectivity index (χ0n) is 35.4. The number of benzene rings is 2. The lowest BCUT2D eigenvalue weighted by molar-refractivity contribution is -0.160. The molecule has 1 saturated carbocycles. The first-order valence-corrected chi connectivity index (χ1v) is 23.4. The minimum absolute atomic E-state index is 0.00902. The number of thioether (sulfide) groups is 1. The predicted octanol–water partition coefficient (Wildman–Crippen LogP) is 5.68. The summed E-state index contributed by atoms with van der Waals surface area (Å²) in [5, 5.41) is 18.2. The second kappa shape index (κ2) is 21.1. The Morgan fingerprint density at radius 2 is 1.87 bits per heavy atom. The van der Waals surface area contributed by atoms with Gasteiger partial charge in [0.15, 0.2) is 12.4 Å². The van der Waals surface area contributed by atoms with E-state index in [1.165, 1.54) is 6.42 Å². The van der Waals surface area contributed by atoms with Crippen LogP contribution in [0.1, 0.15) is 81.9 Å². The summed E-state index contributed by atoms with van der Waals surface area (Å²) in [6.07, 6.45) is 8.97. The van der Waals surface area contributed by atoms with E-state index in [1.807, 2.05) is 11.0 Å². The molecule has 15 heteroatoms. The van der Waals surface area contributed by atoms with Gasteiger partial charge in [0.05, 0.1) is 36.9 Å². The Bertz CT molecular complexity index is 1850. The molecule has 7 rings (SSSR count). The number of phenols is 1. The van der Waals surface area contributed by atoms with E-state index in [4.69, 9.17) is 30.8 Å². The molecule has 3 N–H and O–H groups in total. The number of carbonyl (C=O) groups excluding carboxylic acids is 3. The number of fused-ring (bicyclic) bond motifs is 1. The first-order valence-electron chi connectivity index (χ1n) is 22.1. The van der Waals surface area contributed by atoms with E-state index in [0.29, 0.717) is 89.2 Å². The summed E-state index contributed by atoms with van der Waals surface area (Å²) in [6, 6.07) is 9.60. The van der Waals surface area contributed by atoms with Crippen molar-refractivity contribution >= 4 is 51.8 Å². The Labute approximate surface area is 364 Å². The van der Waals surface area contributed by atoms with Crippen molar-refractivity contribution in [1.29, 1.82) is 0 Å². The van der Waals surface area contributed by atoms with Crippen LogP contribution >= 0.6 is 23.4 Å². The van der Waals surface area contributed by atoms with Gasteiger partial charge in [-0.05, 0) is 67.8 Å². The molecule has 2 aromatic rings. The number of anilines is 1. The summed E-state index contributed by atoms with van der Waals surface area (Å²) in [5.41, 5.74) is 3.08. The molecule has 1 aliphatic carbocycles. The highest BCUT2D eigenvalue weighted by molar-refractivity contribution is 8.14. The lowest BCUT2D eigenvalue weighted by Gasteiger charge is -2.47.